The average molecular weight is 359 g/mol. The van der Waals surface area contributed by atoms with Gasteiger partial charge in [0, 0.05) is 18.6 Å². The molecule has 0 radical (unpaired) electrons. The molecule has 2 rings (SSSR count). The van der Waals surface area contributed by atoms with Gasteiger partial charge >= 0.3 is 0 Å². The first-order valence-electron chi connectivity index (χ1n) is 10.6. The largest absolute Gasteiger partial charge is 0.304 e. The van der Waals surface area contributed by atoms with Gasteiger partial charge in [-0.1, -0.05) is 39.0 Å². The second kappa shape index (κ2) is 8.89. The molecule has 26 heavy (non-hydrogen) atoms. The van der Waals surface area contributed by atoms with Crippen LogP contribution in [0.2, 0.25) is 0 Å². The molecule has 0 N–H and O–H groups in total. The SMILES string of the molecule is Cc1cccc(CC2CCN(C(C)CCN(C)C(C)C)C2)c1C(C)(C)C. The Morgan fingerprint density at radius 1 is 1.19 bits per heavy atom. The molecule has 0 aliphatic carbocycles. The van der Waals surface area contributed by atoms with Crippen molar-refractivity contribution in [3.05, 3.63) is 34.9 Å². The monoisotopic (exact) mass is 358 g/mol. The highest BCUT2D eigenvalue weighted by Gasteiger charge is 2.28. The Morgan fingerprint density at radius 2 is 1.88 bits per heavy atom. The van der Waals surface area contributed by atoms with Crippen molar-refractivity contribution in [3.8, 4) is 0 Å². The number of likely N-dealkylation sites (tertiary alicyclic amines) is 1. The lowest BCUT2D eigenvalue weighted by molar-refractivity contribution is 0.196. The van der Waals surface area contributed by atoms with Gasteiger partial charge in [0.1, 0.15) is 0 Å². The van der Waals surface area contributed by atoms with Gasteiger partial charge in [-0.25, -0.2) is 0 Å². The van der Waals surface area contributed by atoms with Crippen LogP contribution in [-0.2, 0) is 11.8 Å². The molecule has 1 aliphatic rings. The number of benzene rings is 1. The molecule has 0 saturated carbocycles. The zero-order valence-electron chi connectivity index (χ0n) is 18.6. The molecule has 1 heterocycles. The van der Waals surface area contributed by atoms with E-state index in [1.807, 2.05) is 0 Å². The van der Waals surface area contributed by atoms with Crippen LogP contribution in [0.5, 0.6) is 0 Å². The molecule has 0 aromatic heterocycles. The Bertz CT molecular complexity index is 570. The van der Waals surface area contributed by atoms with E-state index in [-0.39, 0.29) is 5.41 Å². The van der Waals surface area contributed by atoms with Crippen LogP contribution in [0.25, 0.3) is 0 Å². The lowest BCUT2D eigenvalue weighted by Crippen LogP contribution is -2.36. The predicted molar refractivity (Wildman–Crippen MR) is 115 cm³/mol. The molecule has 2 heteroatoms. The summed E-state index contributed by atoms with van der Waals surface area (Å²) in [6.07, 6.45) is 3.87. The molecular formula is C24H42N2. The van der Waals surface area contributed by atoms with Crippen molar-refractivity contribution in [1.82, 2.24) is 9.80 Å². The zero-order valence-corrected chi connectivity index (χ0v) is 18.6. The van der Waals surface area contributed by atoms with Crippen molar-refractivity contribution in [3.63, 3.8) is 0 Å². The van der Waals surface area contributed by atoms with E-state index in [2.05, 4.69) is 83.5 Å². The minimum absolute atomic E-state index is 0.230. The van der Waals surface area contributed by atoms with Crippen LogP contribution in [0.4, 0.5) is 0 Å². The Morgan fingerprint density at radius 3 is 2.50 bits per heavy atom. The van der Waals surface area contributed by atoms with Gasteiger partial charge in [-0.2, -0.15) is 0 Å². The Labute approximate surface area is 163 Å². The normalized spacial score (nSPS) is 20.3. The van der Waals surface area contributed by atoms with Gasteiger partial charge in [0.15, 0.2) is 0 Å². The number of nitrogens with zero attached hydrogens (tertiary/aromatic N) is 2. The molecule has 0 bridgehead atoms. The lowest BCUT2D eigenvalue weighted by atomic mass is 9.79. The van der Waals surface area contributed by atoms with Crippen LogP contribution in [0.1, 0.15) is 71.1 Å². The van der Waals surface area contributed by atoms with Crippen LogP contribution in [0, 0.1) is 12.8 Å². The quantitative estimate of drug-likeness (QED) is 0.654. The van der Waals surface area contributed by atoms with E-state index in [1.54, 1.807) is 11.1 Å². The van der Waals surface area contributed by atoms with Gasteiger partial charge < -0.3 is 9.80 Å². The van der Waals surface area contributed by atoms with Crippen molar-refractivity contribution in [2.45, 2.75) is 85.2 Å². The molecule has 0 spiro atoms. The third-order valence-corrected chi connectivity index (χ3v) is 6.34. The number of hydrogen-bond donors (Lipinski definition) is 0. The van der Waals surface area contributed by atoms with Gasteiger partial charge in [0.2, 0.25) is 0 Å². The summed E-state index contributed by atoms with van der Waals surface area (Å²) >= 11 is 0. The number of hydrogen-bond acceptors (Lipinski definition) is 2. The average Bonchev–Trinajstić information content (AvgIpc) is 2.99. The Hall–Kier alpha value is -0.860. The van der Waals surface area contributed by atoms with Crippen LogP contribution in [0.3, 0.4) is 0 Å². The molecular weight excluding hydrogens is 316 g/mol. The first-order chi connectivity index (χ1) is 12.1. The molecule has 1 aliphatic heterocycles. The first kappa shape index (κ1) is 21.4. The van der Waals surface area contributed by atoms with Crippen molar-refractivity contribution < 1.29 is 0 Å². The van der Waals surface area contributed by atoms with E-state index in [4.69, 9.17) is 0 Å². The van der Waals surface area contributed by atoms with E-state index in [0.717, 1.165) is 5.92 Å². The van der Waals surface area contributed by atoms with Crippen LogP contribution in [0.15, 0.2) is 18.2 Å². The van der Waals surface area contributed by atoms with Gasteiger partial charge in [-0.15, -0.1) is 0 Å². The molecule has 1 aromatic rings. The molecule has 2 nitrogen and oxygen atoms in total. The van der Waals surface area contributed by atoms with Crippen molar-refractivity contribution in [1.29, 1.82) is 0 Å². The number of rotatable bonds is 7. The fourth-order valence-corrected chi connectivity index (χ4v) is 4.54. The molecule has 1 saturated heterocycles. The second-order valence-corrected chi connectivity index (χ2v) is 9.92. The molecule has 148 valence electrons. The van der Waals surface area contributed by atoms with Gasteiger partial charge in [-0.3, -0.25) is 0 Å². The number of aryl methyl sites for hydroxylation is 1. The summed E-state index contributed by atoms with van der Waals surface area (Å²) in [6, 6.07) is 8.23. The summed E-state index contributed by atoms with van der Waals surface area (Å²) in [6.45, 7) is 20.1. The van der Waals surface area contributed by atoms with Gasteiger partial charge in [-0.05, 0) is 95.1 Å². The minimum atomic E-state index is 0.230. The fraction of sp³-hybridized carbons (Fsp3) is 0.750. The lowest BCUT2D eigenvalue weighted by Gasteiger charge is -2.29. The maximum absolute atomic E-state index is 2.73. The van der Waals surface area contributed by atoms with Crippen molar-refractivity contribution >= 4 is 0 Å². The standard InChI is InChI=1S/C24H42N2/c1-18(2)25(8)14-12-20(4)26-15-13-21(17-26)16-22-11-9-10-19(3)23(22)24(5,6)7/h9-11,18,20-21H,12-17H2,1-8H3. The summed E-state index contributed by atoms with van der Waals surface area (Å²) in [5.74, 6) is 0.808. The highest BCUT2D eigenvalue weighted by molar-refractivity contribution is 5.39. The summed E-state index contributed by atoms with van der Waals surface area (Å²) in [5, 5.41) is 0. The maximum Gasteiger partial charge on any atom is 0.00792 e. The summed E-state index contributed by atoms with van der Waals surface area (Å²) in [7, 11) is 2.25. The van der Waals surface area contributed by atoms with Crippen molar-refractivity contribution in [2.75, 3.05) is 26.7 Å². The van der Waals surface area contributed by atoms with Gasteiger partial charge in [0.25, 0.3) is 0 Å². The van der Waals surface area contributed by atoms with Crippen LogP contribution in [-0.4, -0.2) is 48.6 Å². The van der Waals surface area contributed by atoms with Gasteiger partial charge in [0.05, 0.1) is 0 Å². The second-order valence-electron chi connectivity index (χ2n) is 9.92. The first-order valence-corrected chi connectivity index (χ1v) is 10.6. The summed E-state index contributed by atoms with van der Waals surface area (Å²) in [4.78, 5) is 5.19. The summed E-state index contributed by atoms with van der Waals surface area (Å²) in [5.41, 5.74) is 4.84. The van der Waals surface area contributed by atoms with E-state index in [0.29, 0.717) is 12.1 Å². The third kappa shape index (κ3) is 5.57. The topological polar surface area (TPSA) is 6.48 Å². The molecule has 2 unspecified atom stereocenters. The molecule has 1 fully saturated rings. The van der Waals surface area contributed by atoms with E-state index in [1.165, 1.54) is 44.5 Å². The molecule has 1 aromatic carbocycles. The molecule has 2 atom stereocenters. The van der Waals surface area contributed by atoms with Crippen LogP contribution < -0.4 is 0 Å². The third-order valence-electron chi connectivity index (χ3n) is 6.34. The summed E-state index contributed by atoms with van der Waals surface area (Å²) < 4.78 is 0. The smallest absolute Gasteiger partial charge is 0.00792 e. The Balaban J connectivity index is 1.95. The van der Waals surface area contributed by atoms with E-state index < -0.39 is 0 Å². The predicted octanol–water partition coefficient (Wildman–Crippen LogP) is 5.28. The van der Waals surface area contributed by atoms with E-state index in [9.17, 15) is 0 Å². The van der Waals surface area contributed by atoms with Crippen molar-refractivity contribution in [2.24, 2.45) is 5.92 Å². The molecule has 0 amide bonds. The maximum atomic E-state index is 2.73. The van der Waals surface area contributed by atoms with Crippen LogP contribution >= 0.6 is 0 Å². The highest BCUT2D eigenvalue weighted by atomic mass is 15.2. The highest BCUT2D eigenvalue weighted by Crippen LogP contribution is 2.32. The Kier molecular flexibility index (Phi) is 7.33. The van der Waals surface area contributed by atoms with E-state index >= 15 is 0 Å². The zero-order chi connectivity index (χ0) is 19.5. The minimum Gasteiger partial charge on any atom is -0.304 e. The fourth-order valence-electron chi connectivity index (χ4n) is 4.54.